The molecule has 0 aromatic heterocycles. The Morgan fingerprint density at radius 2 is 1.85 bits per heavy atom. The molecular weight excluding hydrogens is 264 g/mol. The van der Waals surface area contributed by atoms with Crippen LogP contribution >= 0.6 is 0 Å². The third-order valence-electron chi connectivity index (χ3n) is 3.34. The summed E-state index contributed by atoms with van der Waals surface area (Å²) >= 11 is 0. The molecule has 20 heavy (non-hydrogen) atoms. The molecule has 2 aliphatic heterocycles. The lowest BCUT2D eigenvalue weighted by Crippen LogP contribution is -2.62. The molecule has 3 rings (SSSR count). The monoisotopic (exact) mass is 276 g/mol. The molecule has 0 aliphatic carbocycles. The van der Waals surface area contributed by atoms with Crippen LogP contribution in [0.2, 0.25) is 0 Å². The van der Waals surface area contributed by atoms with E-state index in [9.17, 15) is 14.4 Å². The predicted molar refractivity (Wildman–Crippen MR) is 67.4 cm³/mol. The van der Waals surface area contributed by atoms with Crippen LogP contribution in [0, 0.1) is 5.41 Å². The van der Waals surface area contributed by atoms with E-state index in [-0.39, 0.29) is 6.79 Å². The summed E-state index contributed by atoms with van der Waals surface area (Å²) in [5.41, 5.74) is -0.970. The summed E-state index contributed by atoms with van der Waals surface area (Å²) in [4.78, 5) is 36.9. The summed E-state index contributed by atoms with van der Waals surface area (Å²) in [6, 6.07) is 3.95. The Bertz CT molecular complexity index is 638. The van der Waals surface area contributed by atoms with E-state index in [0.29, 0.717) is 17.2 Å². The number of hydrogen-bond acceptors (Lipinski definition) is 5. The zero-order valence-corrected chi connectivity index (χ0v) is 10.9. The van der Waals surface area contributed by atoms with Crippen LogP contribution in [0.1, 0.15) is 13.8 Å². The molecule has 0 radical (unpaired) electrons. The van der Waals surface area contributed by atoms with Gasteiger partial charge in [-0.05, 0) is 26.0 Å². The second-order valence-electron chi connectivity index (χ2n) is 5.06. The van der Waals surface area contributed by atoms with Gasteiger partial charge >= 0.3 is 6.03 Å². The number of carbonyl (C=O) groups is 3. The van der Waals surface area contributed by atoms with Gasteiger partial charge in [0.25, 0.3) is 0 Å². The first kappa shape index (κ1) is 12.5. The number of fused-ring (bicyclic) bond motifs is 1. The highest BCUT2D eigenvalue weighted by Crippen LogP contribution is 2.37. The van der Waals surface area contributed by atoms with Crippen LogP contribution in [-0.2, 0) is 9.59 Å². The van der Waals surface area contributed by atoms with Crippen LogP contribution in [0.4, 0.5) is 10.5 Å². The number of ether oxygens (including phenoxy) is 2. The van der Waals surface area contributed by atoms with Gasteiger partial charge in [-0.3, -0.25) is 14.9 Å². The number of benzene rings is 1. The maximum atomic E-state index is 12.3. The third-order valence-corrected chi connectivity index (χ3v) is 3.34. The van der Waals surface area contributed by atoms with Crippen molar-refractivity contribution in [2.75, 3.05) is 11.7 Å². The second kappa shape index (κ2) is 3.96. The van der Waals surface area contributed by atoms with Gasteiger partial charge in [-0.25, -0.2) is 9.69 Å². The lowest BCUT2D eigenvalue weighted by Gasteiger charge is -2.34. The van der Waals surface area contributed by atoms with Gasteiger partial charge in [0.2, 0.25) is 18.6 Å². The first-order valence-corrected chi connectivity index (χ1v) is 6.01. The Labute approximate surface area is 114 Å². The fraction of sp³-hybridized carbons (Fsp3) is 0.308. The molecule has 2 aliphatic rings. The minimum atomic E-state index is -1.30. The quantitative estimate of drug-likeness (QED) is 0.774. The highest BCUT2D eigenvalue weighted by atomic mass is 16.7. The number of barbiturate groups is 1. The first-order valence-electron chi connectivity index (χ1n) is 6.01. The van der Waals surface area contributed by atoms with E-state index >= 15 is 0 Å². The molecule has 2 heterocycles. The van der Waals surface area contributed by atoms with Crippen molar-refractivity contribution in [2.45, 2.75) is 13.8 Å². The molecule has 0 unspecified atom stereocenters. The van der Waals surface area contributed by atoms with Crippen molar-refractivity contribution in [2.24, 2.45) is 5.41 Å². The van der Waals surface area contributed by atoms with Crippen LogP contribution in [0.5, 0.6) is 11.5 Å². The van der Waals surface area contributed by atoms with Crippen molar-refractivity contribution in [3.8, 4) is 11.5 Å². The van der Waals surface area contributed by atoms with Crippen molar-refractivity contribution in [1.29, 1.82) is 0 Å². The number of rotatable bonds is 1. The van der Waals surface area contributed by atoms with Gasteiger partial charge in [-0.2, -0.15) is 0 Å². The van der Waals surface area contributed by atoms with Crippen molar-refractivity contribution in [3.63, 3.8) is 0 Å². The molecule has 1 saturated heterocycles. The molecule has 1 aromatic rings. The van der Waals surface area contributed by atoms with Crippen molar-refractivity contribution >= 4 is 23.5 Å². The van der Waals surface area contributed by atoms with Gasteiger partial charge < -0.3 is 9.47 Å². The van der Waals surface area contributed by atoms with Crippen LogP contribution in [0.3, 0.4) is 0 Å². The third kappa shape index (κ3) is 1.63. The molecule has 0 spiro atoms. The SMILES string of the molecule is CC1(C)C(=O)NC(=O)N(c2ccc3c(c2)OCO3)C1=O. The molecule has 1 aromatic carbocycles. The van der Waals surface area contributed by atoms with Crippen molar-refractivity contribution in [1.82, 2.24) is 5.32 Å². The van der Waals surface area contributed by atoms with Crippen molar-refractivity contribution in [3.05, 3.63) is 18.2 Å². The maximum Gasteiger partial charge on any atom is 0.335 e. The van der Waals surface area contributed by atoms with E-state index in [1.807, 2.05) is 0 Å². The van der Waals surface area contributed by atoms with Gasteiger partial charge in [0.15, 0.2) is 11.5 Å². The molecule has 0 atom stereocenters. The molecule has 7 nitrogen and oxygen atoms in total. The van der Waals surface area contributed by atoms with Gasteiger partial charge in [-0.1, -0.05) is 0 Å². The largest absolute Gasteiger partial charge is 0.454 e. The van der Waals surface area contributed by atoms with Gasteiger partial charge in [0, 0.05) is 6.07 Å². The Morgan fingerprint density at radius 1 is 1.15 bits per heavy atom. The number of hydrogen-bond donors (Lipinski definition) is 1. The molecule has 7 heteroatoms. The number of imide groups is 2. The minimum Gasteiger partial charge on any atom is -0.454 e. The van der Waals surface area contributed by atoms with Crippen LogP contribution in [-0.4, -0.2) is 24.6 Å². The van der Waals surface area contributed by atoms with Crippen LogP contribution < -0.4 is 19.7 Å². The average molecular weight is 276 g/mol. The number of carbonyl (C=O) groups excluding carboxylic acids is 3. The molecule has 1 fully saturated rings. The Kier molecular flexibility index (Phi) is 2.47. The number of nitrogens with zero attached hydrogens (tertiary/aromatic N) is 1. The maximum absolute atomic E-state index is 12.3. The molecule has 0 saturated carbocycles. The normalized spacial score (nSPS) is 20.1. The van der Waals surface area contributed by atoms with E-state index < -0.39 is 23.3 Å². The van der Waals surface area contributed by atoms with Crippen LogP contribution in [0.15, 0.2) is 18.2 Å². The van der Waals surface area contributed by atoms with E-state index in [0.717, 1.165) is 4.90 Å². The Balaban J connectivity index is 2.02. The lowest BCUT2D eigenvalue weighted by atomic mass is 9.88. The highest BCUT2D eigenvalue weighted by molar-refractivity contribution is 6.29. The van der Waals surface area contributed by atoms with Crippen LogP contribution in [0.25, 0.3) is 0 Å². The number of anilines is 1. The number of urea groups is 1. The summed E-state index contributed by atoms with van der Waals surface area (Å²) in [5.74, 6) is -0.179. The summed E-state index contributed by atoms with van der Waals surface area (Å²) in [7, 11) is 0. The fourth-order valence-corrected chi connectivity index (χ4v) is 2.04. The zero-order valence-electron chi connectivity index (χ0n) is 10.9. The summed E-state index contributed by atoms with van der Waals surface area (Å²) in [6.45, 7) is 3.04. The molecular formula is C13H12N2O5. The smallest absolute Gasteiger partial charge is 0.335 e. The van der Waals surface area contributed by atoms with E-state index in [1.54, 1.807) is 12.1 Å². The van der Waals surface area contributed by atoms with E-state index in [1.165, 1.54) is 19.9 Å². The number of amides is 4. The summed E-state index contributed by atoms with van der Waals surface area (Å²) in [5, 5.41) is 2.17. The predicted octanol–water partition coefficient (Wildman–Crippen LogP) is 1.02. The second-order valence-corrected chi connectivity index (χ2v) is 5.06. The first-order chi connectivity index (χ1) is 9.41. The molecule has 0 bridgehead atoms. The average Bonchev–Trinajstić information content (AvgIpc) is 2.84. The fourth-order valence-electron chi connectivity index (χ4n) is 2.04. The summed E-state index contributed by atoms with van der Waals surface area (Å²) in [6.07, 6.45) is 0. The highest BCUT2D eigenvalue weighted by Gasteiger charge is 2.47. The zero-order chi connectivity index (χ0) is 14.5. The minimum absolute atomic E-state index is 0.100. The molecule has 1 N–H and O–H groups in total. The number of nitrogens with one attached hydrogen (secondary N) is 1. The van der Waals surface area contributed by atoms with Gasteiger partial charge in [-0.15, -0.1) is 0 Å². The van der Waals surface area contributed by atoms with E-state index in [4.69, 9.17) is 9.47 Å². The van der Waals surface area contributed by atoms with E-state index in [2.05, 4.69) is 5.32 Å². The lowest BCUT2D eigenvalue weighted by molar-refractivity contribution is -0.140. The van der Waals surface area contributed by atoms with Gasteiger partial charge in [0.1, 0.15) is 5.41 Å². The molecule has 104 valence electrons. The topological polar surface area (TPSA) is 84.9 Å². The standard InChI is InChI=1S/C13H12N2O5/c1-13(2)10(16)14-12(18)15(11(13)17)7-3-4-8-9(5-7)20-6-19-8/h3-5H,6H2,1-2H3,(H,14,16,18). The van der Waals surface area contributed by atoms with Crippen molar-refractivity contribution < 1.29 is 23.9 Å². The Hall–Kier alpha value is -2.57. The summed E-state index contributed by atoms with van der Waals surface area (Å²) < 4.78 is 10.4. The molecule has 4 amide bonds. The van der Waals surface area contributed by atoms with Gasteiger partial charge in [0.05, 0.1) is 5.69 Å². The Morgan fingerprint density at radius 3 is 2.60 bits per heavy atom.